The van der Waals surface area contributed by atoms with E-state index in [9.17, 15) is 0 Å². The normalized spacial score (nSPS) is 20.1. The van der Waals surface area contributed by atoms with Crippen LogP contribution in [0.4, 0.5) is 0 Å². The Bertz CT molecular complexity index is 379. The summed E-state index contributed by atoms with van der Waals surface area (Å²) in [5.74, 6) is 0.922. The van der Waals surface area contributed by atoms with Crippen LogP contribution in [0, 0.1) is 0 Å². The van der Waals surface area contributed by atoms with E-state index >= 15 is 0 Å². The fraction of sp³-hybridized carbons (Fsp3) is 0.600. The minimum atomic E-state index is 0.654. The number of benzene rings is 1. The molecule has 106 valence electrons. The van der Waals surface area contributed by atoms with Gasteiger partial charge in [0.25, 0.3) is 0 Å². The molecule has 1 aliphatic heterocycles. The Kier molecular flexibility index (Phi) is 5.19. The van der Waals surface area contributed by atoms with Crippen LogP contribution < -0.4 is 10.5 Å². The maximum Gasteiger partial charge on any atom is 0.118 e. The van der Waals surface area contributed by atoms with Crippen LogP contribution >= 0.6 is 0 Å². The van der Waals surface area contributed by atoms with Gasteiger partial charge in [0, 0.05) is 38.8 Å². The van der Waals surface area contributed by atoms with E-state index in [2.05, 4.69) is 29.0 Å². The van der Waals surface area contributed by atoms with E-state index in [1.165, 1.54) is 18.5 Å². The number of nitrogens with zero attached hydrogens (tertiary/aromatic N) is 2. The van der Waals surface area contributed by atoms with Crippen molar-refractivity contribution in [3.05, 3.63) is 29.8 Å². The minimum Gasteiger partial charge on any atom is -0.497 e. The van der Waals surface area contributed by atoms with Crippen molar-refractivity contribution >= 4 is 0 Å². The molecule has 4 heteroatoms. The second-order valence-corrected chi connectivity index (χ2v) is 5.29. The summed E-state index contributed by atoms with van der Waals surface area (Å²) in [5.41, 5.74) is 6.97. The molecule has 1 atom stereocenters. The molecule has 0 radical (unpaired) electrons. The first-order valence-electron chi connectivity index (χ1n) is 6.98. The van der Waals surface area contributed by atoms with Crippen molar-refractivity contribution < 1.29 is 4.74 Å². The molecular weight excluding hydrogens is 238 g/mol. The van der Waals surface area contributed by atoms with Gasteiger partial charge in [0.1, 0.15) is 5.75 Å². The fourth-order valence-corrected chi connectivity index (χ4v) is 2.69. The van der Waals surface area contributed by atoms with Gasteiger partial charge in [0.05, 0.1) is 7.11 Å². The quantitative estimate of drug-likeness (QED) is 0.836. The lowest BCUT2D eigenvalue weighted by molar-refractivity contribution is 0.234. The summed E-state index contributed by atoms with van der Waals surface area (Å²) in [5, 5.41) is 0. The van der Waals surface area contributed by atoms with Crippen molar-refractivity contribution in [2.45, 2.75) is 19.0 Å². The Morgan fingerprint density at radius 3 is 2.74 bits per heavy atom. The molecule has 0 aromatic heterocycles. The number of likely N-dealkylation sites (tertiary alicyclic amines) is 1. The summed E-state index contributed by atoms with van der Waals surface area (Å²) in [6.45, 7) is 5.07. The minimum absolute atomic E-state index is 0.654. The third kappa shape index (κ3) is 3.93. The molecule has 1 heterocycles. The highest BCUT2D eigenvalue weighted by Gasteiger charge is 2.25. The number of hydrogen-bond acceptors (Lipinski definition) is 4. The van der Waals surface area contributed by atoms with Crippen molar-refractivity contribution in [2.24, 2.45) is 5.73 Å². The number of hydrogen-bond donors (Lipinski definition) is 1. The van der Waals surface area contributed by atoms with Gasteiger partial charge < -0.3 is 15.4 Å². The van der Waals surface area contributed by atoms with Crippen molar-refractivity contribution in [1.29, 1.82) is 0 Å². The third-order valence-corrected chi connectivity index (χ3v) is 3.92. The van der Waals surface area contributed by atoms with Gasteiger partial charge in [-0.3, -0.25) is 4.90 Å². The van der Waals surface area contributed by atoms with E-state index < -0.39 is 0 Å². The van der Waals surface area contributed by atoms with Crippen molar-refractivity contribution in [2.75, 3.05) is 40.3 Å². The fourth-order valence-electron chi connectivity index (χ4n) is 2.69. The SMILES string of the molecule is COc1ccc(CN2CCC(N(C)CCN)C2)cc1. The third-order valence-electron chi connectivity index (χ3n) is 3.92. The zero-order chi connectivity index (χ0) is 13.7. The monoisotopic (exact) mass is 263 g/mol. The van der Waals surface area contributed by atoms with Crippen LogP contribution in [0.2, 0.25) is 0 Å². The molecule has 19 heavy (non-hydrogen) atoms. The number of nitrogens with two attached hydrogens (primary N) is 1. The van der Waals surface area contributed by atoms with Crippen LogP contribution in [0.25, 0.3) is 0 Å². The molecule has 1 aliphatic rings. The van der Waals surface area contributed by atoms with Crippen LogP contribution in [0.5, 0.6) is 5.75 Å². The first-order chi connectivity index (χ1) is 9.22. The van der Waals surface area contributed by atoms with Crippen LogP contribution in [0.1, 0.15) is 12.0 Å². The second-order valence-electron chi connectivity index (χ2n) is 5.29. The van der Waals surface area contributed by atoms with Gasteiger partial charge in [-0.15, -0.1) is 0 Å². The van der Waals surface area contributed by atoms with Gasteiger partial charge in [0.15, 0.2) is 0 Å². The highest BCUT2D eigenvalue weighted by Crippen LogP contribution is 2.18. The molecule has 2 N–H and O–H groups in total. The summed E-state index contributed by atoms with van der Waals surface area (Å²) < 4.78 is 5.18. The average molecular weight is 263 g/mol. The molecule has 0 spiro atoms. The average Bonchev–Trinajstić information content (AvgIpc) is 2.88. The van der Waals surface area contributed by atoms with Crippen LogP contribution in [-0.4, -0.2) is 56.2 Å². The summed E-state index contributed by atoms with van der Waals surface area (Å²) >= 11 is 0. The zero-order valence-electron chi connectivity index (χ0n) is 12.0. The smallest absolute Gasteiger partial charge is 0.118 e. The molecular formula is C15H25N3O. The first kappa shape index (κ1) is 14.3. The molecule has 4 nitrogen and oxygen atoms in total. The van der Waals surface area contributed by atoms with Gasteiger partial charge in [-0.1, -0.05) is 12.1 Å². The van der Waals surface area contributed by atoms with E-state index in [0.29, 0.717) is 6.04 Å². The van der Waals surface area contributed by atoms with Crippen LogP contribution in [-0.2, 0) is 6.54 Å². The maximum absolute atomic E-state index is 5.62. The molecule has 0 saturated carbocycles. The molecule has 1 aromatic carbocycles. The van der Waals surface area contributed by atoms with E-state index in [0.717, 1.165) is 31.9 Å². The van der Waals surface area contributed by atoms with Gasteiger partial charge in [-0.25, -0.2) is 0 Å². The van der Waals surface area contributed by atoms with Gasteiger partial charge in [-0.05, 0) is 31.2 Å². The Balaban J connectivity index is 1.84. The second kappa shape index (κ2) is 6.89. The summed E-state index contributed by atoms with van der Waals surface area (Å²) in [7, 11) is 3.88. The summed E-state index contributed by atoms with van der Waals surface area (Å²) in [6, 6.07) is 9.01. The molecule has 1 unspecified atom stereocenters. The van der Waals surface area contributed by atoms with E-state index in [-0.39, 0.29) is 0 Å². The zero-order valence-corrected chi connectivity index (χ0v) is 12.0. The van der Waals surface area contributed by atoms with E-state index in [4.69, 9.17) is 10.5 Å². The van der Waals surface area contributed by atoms with Crippen LogP contribution in [0.15, 0.2) is 24.3 Å². The Morgan fingerprint density at radius 2 is 2.11 bits per heavy atom. The lowest BCUT2D eigenvalue weighted by atomic mass is 10.2. The maximum atomic E-state index is 5.62. The Morgan fingerprint density at radius 1 is 1.37 bits per heavy atom. The molecule has 0 amide bonds. The Labute approximate surface area is 116 Å². The van der Waals surface area contributed by atoms with Gasteiger partial charge in [0.2, 0.25) is 0 Å². The van der Waals surface area contributed by atoms with Gasteiger partial charge >= 0.3 is 0 Å². The molecule has 0 bridgehead atoms. The predicted octanol–water partition coefficient (Wildman–Crippen LogP) is 1.16. The largest absolute Gasteiger partial charge is 0.497 e. The molecule has 1 aromatic rings. The van der Waals surface area contributed by atoms with Gasteiger partial charge in [-0.2, -0.15) is 0 Å². The van der Waals surface area contributed by atoms with Crippen LogP contribution in [0.3, 0.4) is 0 Å². The van der Waals surface area contributed by atoms with E-state index in [1.807, 2.05) is 12.1 Å². The van der Waals surface area contributed by atoms with Crippen molar-refractivity contribution in [1.82, 2.24) is 9.80 Å². The number of ether oxygens (including phenoxy) is 1. The predicted molar refractivity (Wildman–Crippen MR) is 78.4 cm³/mol. The highest BCUT2D eigenvalue weighted by atomic mass is 16.5. The van der Waals surface area contributed by atoms with Crippen molar-refractivity contribution in [3.63, 3.8) is 0 Å². The van der Waals surface area contributed by atoms with E-state index in [1.54, 1.807) is 7.11 Å². The molecule has 1 fully saturated rings. The number of likely N-dealkylation sites (N-methyl/N-ethyl adjacent to an activating group) is 1. The Hall–Kier alpha value is -1.10. The summed E-state index contributed by atoms with van der Waals surface area (Å²) in [4.78, 5) is 4.90. The summed E-state index contributed by atoms with van der Waals surface area (Å²) in [6.07, 6.45) is 1.24. The number of methoxy groups -OCH3 is 1. The lowest BCUT2D eigenvalue weighted by Gasteiger charge is -2.24. The highest BCUT2D eigenvalue weighted by molar-refractivity contribution is 5.27. The number of rotatable bonds is 6. The topological polar surface area (TPSA) is 41.7 Å². The first-order valence-corrected chi connectivity index (χ1v) is 6.98. The molecule has 0 aliphatic carbocycles. The lowest BCUT2D eigenvalue weighted by Crippen LogP contribution is -2.37. The van der Waals surface area contributed by atoms with Crippen molar-refractivity contribution in [3.8, 4) is 5.75 Å². The molecule has 1 saturated heterocycles. The molecule has 2 rings (SSSR count). The standard InChI is InChI=1S/C15H25N3O/c1-17(10-8-16)14-7-9-18(12-14)11-13-3-5-15(19-2)6-4-13/h3-6,14H,7-12,16H2,1-2H3.